The molecule has 23 heavy (non-hydrogen) atoms. The van der Waals surface area contributed by atoms with Crippen LogP contribution in [0.4, 0.5) is 0 Å². The van der Waals surface area contributed by atoms with E-state index in [1.54, 1.807) is 4.90 Å². The van der Waals surface area contributed by atoms with Gasteiger partial charge in [-0.1, -0.05) is 11.6 Å². The average molecular weight is 318 g/mol. The Bertz CT molecular complexity index is 653. The summed E-state index contributed by atoms with van der Waals surface area (Å²) in [7, 11) is 0. The summed E-state index contributed by atoms with van der Waals surface area (Å²) in [5.41, 5.74) is -0.195. The van der Waals surface area contributed by atoms with Gasteiger partial charge < -0.3 is 14.5 Å². The third-order valence-electron chi connectivity index (χ3n) is 6.11. The van der Waals surface area contributed by atoms with Crippen molar-refractivity contribution in [2.24, 2.45) is 10.8 Å². The lowest BCUT2D eigenvalue weighted by molar-refractivity contribution is -0.186. The highest BCUT2D eigenvalue weighted by Gasteiger charge is 2.66. The van der Waals surface area contributed by atoms with E-state index >= 15 is 0 Å². The molecule has 1 N–H and O–H groups in total. The van der Waals surface area contributed by atoms with E-state index in [1.165, 1.54) is 6.42 Å². The Kier molecular flexibility index (Phi) is 3.09. The summed E-state index contributed by atoms with van der Waals surface area (Å²) in [6.45, 7) is 3.01. The Labute approximate surface area is 134 Å². The number of carbonyl (C=O) groups excluding carboxylic acids is 1. The molecule has 0 bridgehead atoms. The molecule has 6 nitrogen and oxygen atoms in total. The van der Waals surface area contributed by atoms with Crippen molar-refractivity contribution in [1.82, 2.24) is 10.1 Å². The fourth-order valence-electron chi connectivity index (χ4n) is 4.71. The van der Waals surface area contributed by atoms with Crippen LogP contribution in [0.5, 0.6) is 0 Å². The quantitative estimate of drug-likeness (QED) is 0.865. The van der Waals surface area contributed by atoms with Crippen molar-refractivity contribution in [1.29, 1.82) is 0 Å². The maximum atomic E-state index is 12.9. The first-order valence-corrected chi connectivity index (χ1v) is 8.40. The highest BCUT2D eigenvalue weighted by atomic mass is 16.5. The third-order valence-corrected chi connectivity index (χ3v) is 6.11. The predicted octanol–water partition coefficient (Wildman–Crippen LogP) is 2.33. The van der Waals surface area contributed by atoms with E-state index in [2.05, 4.69) is 5.16 Å². The second-order valence-electron chi connectivity index (χ2n) is 7.70. The molecule has 2 saturated carbocycles. The molecule has 1 atom stereocenters. The standard InChI is InChI=1S/C17H22N2O4/c1-11-7-13(23-18-11)12-3-6-19(8-12)14(20)17(15(21)22)9-16(10-17)4-2-5-16/h7,12H,2-6,8-10H2,1H3,(H,21,22). The molecule has 4 rings (SSSR count). The Hall–Kier alpha value is -1.85. The van der Waals surface area contributed by atoms with E-state index in [0.29, 0.717) is 25.9 Å². The van der Waals surface area contributed by atoms with Crippen LogP contribution in [0.1, 0.15) is 55.9 Å². The predicted molar refractivity (Wildman–Crippen MR) is 80.8 cm³/mol. The van der Waals surface area contributed by atoms with Crippen molar-refractivity contribution in [2.45, 2.75) is 51.4 Å². The third kappa shape index (κ3) is 2.11. The summed E-state index contributed by atoms with van der Waals surface area (Å²) in [5, 5.41) is 13.6. The molecule has 3 fully saturated rings. The second-order valence-corrected chi connectivity index (χ2v) is 7.70. The van der Waals surface area contributed by atoms with E-state index in [-0.39, 0.29) is 17.2 Å². The minimum absolute atomic E-state index is 0.128. The molecule has 2 aliphatic carbocycles. The molecule has 1 aromatic heterocycles. The van der Waals surface area contributed by atoms with Gasteiger partial charge in [-0.05, 0) is 44.4 Å². The van der Waals surface area contributed by atoms with Crippen molar-refractivity contribution >= 4 is 11.9 Å². The van der Waals surface area contributed by atoms with Gasteiger partial charge in [0, 0.05) is 25.1 Å². The monoisotopic (exact) mass is 318 g/mol. The zero-order valence-electron chi connectivity index (χ0n) is 13.4. The molecule has 0 aromatic carbocycles. The number of aryl methyl sites for hydroxylation is 1. The van der Waals surface area contributed by atoms with E-state index in [0.717, 1.165) is 30.7 Å². The van der Waals surface area contributed by atoms with Crippen molar-refractivity contribution in [2.75, 3.05) is 13.1 Å². The topological polar surface area (TPSA) is 83.6 Å². The van der Waals surface area contributed by atoms with Crippen LogP contribution in [0.3, 0.4) is 0 Å². The van der Waals surface area contributed by atoms with Crippen LogP contribution in [-0.4, -0.2) is 40.1 Å². The summed E-state index contributed by atoms with van der Waals surface area (Å²) in [5.74, 6) is -0.213. The lowest BCUT2D eigenvalue weighted by Crippen LogP contribution is -2.61. The Morgan fingerprint density at radius 1 is 1.39 bits per heavy atom. The first-order valence-electron chi connectivity index (χ1n) is 8.40. The Balaban J connectivity index is 1.47. The number of nitrogens with zero attached hydrogens (tertiary/aromatic N) is 2. The lowest BCUT2D eigenvalue weighted by Gasteiger charge is -2.58. The van der Waals surface area contributed by atoms with Gasteiger partial charge in [-0.3, -0.25) is 9.59 Å². The van der Waals surface area contributed by atoms with Crippen molar-refractivity contribution in [3.8, 4) is 0 Å². The zero-order chi connectivity index (χ0) is 16.2. The number of likely N-dealkylation sites (tertiary alicyclic amines) is 1. The summed E-state index contributed by atoms with van der Waals surface area (Å²) in [4.78, 5) is 26.4. The molecule has 6 heteroatoms. The fourth-order valence-corrected chi connectivity index (χ4v) is 4.71. The van der Waals surface area contributed by atoms with Gasteiger partial charge in [0.1, 0.15) is 11.2 Å². The minimum atomic E-state index is -1.17. The molecule has 2 heterocycles. The number of aromatic nitrogens is 1. The number of aliphatic carboxylic acids is 1. The number of amides is 1. The first kappa shape index (κ1) is 14.7. The van der Waals surface area contributed by atoms with Gasteiger partial charge in [0.15, 0.2) is 0 Å². The van der Waals surface area contributed by atoms with Crippen molar-refractivity contribution in [3.05, 3.63) is 17.5 Å². The average Bonchev–Trinajstić information content (AvgIpc) is 3.03. The van der Waals surface area contributed by atoms with Gasteiger partial charge in [0.2, 0.25) is 5.91 Å². The SMILES string of the molecule is Cc1cc(C2CCN(C(=O)C3(C(=O)O)CC4(CCC4)C3)C2)on1. The number of hydrogen-bond acceptors (Lipinski definition) is 4. The smallest absolute Gasteiger partial charge is 0.319 e. The van der Waals surface area contributed by atoms with Crippen LogP contribution >= 0.6 is 0 Å². The lowest BCUT2D eigenvalue weighted by atomic mass is 9.45. The van der Waals surface area contributed by atoms with Gasteiger partial charge in [-0.25, -0.2) is 0 Å². The van der Waals surface area contributed by atoms with Crippen LogP contribution < -0.4 is 0 Å². The summed E-state index contributed by atoms with van der Waals surface area (Å²) < 4.78 is 5.30. The normalized spacial score (nSPS) is 27.5. The first-order chi connectivity index (χ1) is 10.9. The highest BCUT2D eigenvalue weighted by Crippen LogP contribution is 2.65. The van der Waals surface area contributed by atoms with Gasteiger partial charge >= 0.3 is 5.97 Å². The zero-order valence-corrected chi connectivity index (χ0v) is 13.4. The van der Waals surface area contributed by atoms with Crippen LogP contribution in [-0.2, 0) is 9.59 Å². The highest BCUT2D eigenvalue weighted by molar-refractivity contribution is 6.03. The summed E-state index contributed by atoms with van der Waals surface area (Å²) in [6.07, 6.45) is 5.18. The van der Waals surface area contributed by atoms with Gasteiger partial charge in [-0.15, -0.1) is 0 Å². The van der Waals surface area contributed by atoms with Crippen LogP contribution in [0.15, 0.2) is 10.6 Å². The maximum absolute atomic E-state index is 12.9. The molecule has 1 saturated heterocycles. The van der Waals surface area contributed by atoms with E-state index in [4.69, 9.17) is 4.52 Å². The summed E-state index contributed by atoms with van der Waals surface area (Å²) in [6, 6.07) is 1.90. The maximum Gasteiger partial charge on any atom is 0.319 e. The fraction of sp³-hybridized carbons (Fsp3) is 0.706. The molecule has 0 radical (unpaired) electrons. The number of carbonyl (C=O) groups is 2. The van der Waals surface area contributed by atoms with E-state index < -0.39 is 11.4 Å². The minimum Gasteiger partial charge on any atom is -0.480 e. The molecule has 1 aliphatic heterocycles. The summed E-state index contributed by atoms with van der Waals surface area (Å²) >= 11 is 0. The van der Waals surface area contributed by atoms with E-state index in [1.807, 2.05) is 13.0 Å². The van der Waals surface area contributed by atoms with Crippen molar-refractivity contribution in [3.63, 3.8) is 0 Å². The Morgan fingerprint density at radius 2 is 2.13 bits per heavy atom. The second kappa shape index (κ2) is 4.82. The largest absolute Gasteiger partial charge is 0.480 e. The molecule has 1 aromatic rings. The van der Waals surface area contributed by atoms with Gasteiger partial charge in [0.05, 0.1) is 5.69 Å². The van der Waals surface area contributed by atoms with Crippen LogP contribution in [0.25, 0.3) is 0 Å². The van der Waals surface area contributed by atoms with Gasteiger partial charge in [0.25, 0.3) is 0 Å². The molecular weight excluding hydrogens is 296 g/mol. The molecule has 1 unspecified atom stereocenters. The number of rotatable bonds is 3. The Morgan fingerprint density at radius 3 is 2.65 bits per heavy atom. The molecule has 3 aliphatic rings. The van der Waals surface area contributed by atoms with E-state index in [9.17, 15) is 14.7 Å². The molecule has 1 spiro atoms. The van der Waals surface area contributed by atoms with Crippen molar-refractivity contribution < 1.29 is 19.2 Å². The molecule has 1 amide bonds. The number of carboxylic acid groups (broad SMARTS) is 1. The van der Waals surface area contributed by atoms with Gasteiger partial charge in [-0.2, -0.15) is 0 Å². The molecule has 124 valence electrons. The molecular formula is C17H22N2O4. The number of hydrogen-bond donors (Lipinski definition) is 1. The number of carboxylic acids is 1. The van der Waals surface area contributed by atoms with Crippen LogP contribution in [0.2, 0.25) is 0 Å². The van der Waals surface area contributed by atoms with Crippen LogP contribution in [0, 0.1) is 17.8 Å².